The van der Waals surface area contributed by atoms with E-state index in [0.717, 1.165) is 70.6 Å². The number of amides is 1. The molecule has 1 aliphatic rings. The van der Waals surface area contributed by atoms with Crippen molar-refractivity contribution in [3.63, 3.8) is 0 Å². The SMILES string of the molecule is C/C=C/CC/C=C/CC/C=C/C(O)C(COC1OC(CO)C(O)C(O)C1O)NC(=O)CCCCCCCCCCCCCCCCCC/C=C\CCCCCCCCCCCCCCOC(=O)CCCCCCC/C=C\C/C=C\CCCC. The number of rotatable bonds is 60. The molecule has 1 amide bonds. The molecule has 1 saturated heterocycles. The summed E-state index contributed by atoms with van der Waals surface area (Å²) in [5, 5.41) is 54.2. The summed E-state index contributed by atoms with van der Waals surface area (Å²) in [5.74, 6) is -0.202. The molecule has 0 saturated carbocycles. The molecule has 0 aliphatic carbocycles. The number of hydrogen-bond acceptors (Lipinski definition) is 10. The zero-order valence-electron chi connectivity index (χ0n) is 53.4. The van der Waals surface area contributed by atoms with Crippen LogP contribution in [0.15, 0.2) is 72.9 Å². The Hall–Kier alpha value is -2.90. The molecule has 0 aromatic rings. The van der Waals surface area contributed by atoms with E-state index in [1.54, 1.807) is 6.08 Å². The van der Waals surface area contributed by atoms with Crippen molar-refractivity contribution < 1.29 is 49.3 Å². The van der Waals surface area contributed by atoms with Gasteiger partial charge in [-0.25, -0.2) is 0 Å². The summed E-state index contributed by atoms with van der Waals surface area (Å²) < 4.78 is 16.7. The van der Waals surface area contributed by atoms with Gasteiger partial charge in [0, 0.05) is 12.8 Å². The number of aliphatic hydroxyl groups excluding tert-OH is 5. The zero-order chi connectivity index (χ0) is 60.2. The summed E-state index contributed by atoms with van der Waals surface area (Å²) >= 11 is 0. The van der Waals surface area contributed by atoms with Crippen LogP contribution >= 0.6 is 0 Å². The summed E-state index contributed by atoms with van der Waals surface area (Å²) in [6.45, 7) is 4.06. The van der Waals surface area contributed by atoms with Gasteiger partial charge in [-0.2, -0.15) is 0 Å². The van der Waals surface area contributed by atoms with Gasteiger partial charge in [0.1, 0.15) is 24.4 Å². The van der Waals surface area contributed by atoms with Crippen LogP contribution in [0.25, 0.3) is 0 Å². The molecule has 11 heteroatoms. The molecular formula is C72H129NO10. The van der Waals surface area contributed by atoms with Crippen LogP contribution < -0.4 is 5.32 Å². The van der Waals surface area contributed by atoms with Crippen molar-refractivity contribution in [3.05, 3.63) is 72.9 Å². The fourth-order valence-electron chi connectivity index (χ4n) is 10.6. The topological polar surface area (TPSA) is 175 Å². The molecule has 0 bridgehead atoms. The molecule has 83 heavy (non-hydrogen) atoms. The van der Waals surface area contributed by atoms with Gasteiger partial charge in [-0.05, 0) is 103 Å². The van der Waals surface area contributed by atoms with E-state index in [-0.39, 0.29) is 18.5 Å². The Morgan fingerprint density at radius 1 is 0.470 bits per heavy atom. The Morgan fingerprint density at radius 2 is 0.867 bits per heavy atom. The lowest BCUT2D eigenvalue weighted by Gasteiger charge is -2.40. The number of nitrogens with one attached hydrogen (secondary N) is 1. The van der Waals surface area contributed by atoms with Gasteiger partial charge in [-0.1, -0.05) is 266 Å². The molecule has 1 heterocycles. The maximum absolute atomic E-state index is 13.0. The van der Waals surface area contributed by atoms with Gasteiger partial charge in [0.15, 0.2) is 6.29 Å². The molecule has 0 spiro atoms. The third-order valence-corrected chi connectivity index (χ3v) is 16.1. The van der Waals surface area contributed by atoms with Crippen molar-refractivity contribution in [2.45, 2.75) is 352 Å². The van der Waals surface area contributed by atoms with Gasteiger partial charge >= 0.3 is 5.97 Å². The first-order valence-corrected chi connectivity index (χ1v) is 34.7. The largest absolute Gasteiger partial charge is 0.466 e. The first-order chi connectivity index (χ1) is 40.7. The number of allylic oxidation sites excluding steroid dienone is 11. The van der Waals surface area contributed by atoms with Gasteiger partial charge in [0.2, 0.25) is 5.91 Å². The minimum Gasteiger partial charge on any atom is -0.466 e. The van der Waals surface area contributed by atoms with Crippen LogP contribution in [0.2, 0.25) is 0 Å². The molecule has 1 aliphatic heterocycles. The highest BCUT2D eigenvalue weighted by molar-refractivity contribution is 5.76. The van der Waals surface area contributed by atoms with E-state index in [4.69, 9.17) is 14.2 Å². The predicted molar refractivity (Wildman–Crippen MR) is 347 cm³/mol. The van der Waals surface area contributed by atoms with Gasteiger partial charge in [0.05, 0.1) is 32.0 Å². The van der Waals surface area contributed by atoms with Crippen molar-refractivity contribution in [1.29, 1.82) is 0 Å². The maximum atomic E-state index is 13.0. The minimum atomic E-state index is -1.58. The number of carbonyl (C=O) groups excluding carboxylic acids is 2. The third kappa shape index (κ3) is 49.9. The fourth-order valence-corrected chi connectivity index (χ4v) is 10.6. The van der Waals surface area contributed by atoms with Gasteiger partial charge in [-0.15, -0.1) is 0 Å². The van der Waals surface area contributed by atoms with Crippen LogP contribution in [0.3, 0.4) is 0 Å². The minimum absolute atomic E-state index is 0.00508. The first kappa shape index (κ1) is 78.1. The first-order valence-electron chi connectivity index (χ1n) is 34.7. The molecule has 482 valence electrons. The fraction of sp³-hybridized carbons (Fsp3) is 0.806. The Labute approximate surface area is 509 Å². The molecule has 1 fully saturated rings. The van der Waals surface area contributed by atoms with Crippen molar-refractivity contribution in [1.82, 2.24) is 5.32 Å². The molecule has 1 rings (SSSR count). The van der Waals surface area contributed by atoms with E-state index >= 15 is 0 Å². The molecule has 7 atom stereocenters. The van der Waals surface area contributed by atoms with E-state index in [1.807, 2.05) is 19.1 Å². The Morgan fingerprint density at radius 3 is 1.34 bits per heavy atom. The highest BCUT2D eigenvalue weighted by Gasteiger charge is 2.44. The molecule has 7 unspecified atom stereocenters. The highest BCUT2D eigenvalue weighted by Crippen LogP contribution is 2.23. The molecular weight excluding hydrogens is 1040 g/mol. The van der Waals surface area contributed by atoms with Crippen molar-refractivity contribution in [3.8, 4) is 0 Å². The number of aliphatic hydroxyl groups is 5. The van der Waals surface area contributed by atoms with Crippen LogP contribution in [0.4, 0.5) is 0 Å². The van der Waals surface area contributed by atoms with Crippen molar-refractivity contribution in [2.24, 2.45) is 0 Å². The summed E-state index contributed by atoms with van der Waals surface area (Å²) in [6.07, 6.45) is 72.2. The lowest BCUT2D eigenvalue weighted by Crippen LogP contribution is -2.60. The molecule has 0 aromatic carbocycles. The van der Waals surface area contributed by atoms with Crippen molar-refractivity contribution >= 4 is 11.9 Å². The number of unbranched alkanes of at least 4 members (excludes halogenated alkanes) is 37. The zero-order valence-corrected chi connectivity index (χ0v) is 53.4. The van der Waals surface area contributed by atoms with E-state index in [1.165, 1.54) is 212 Å². The van der Waals surface area contributed by atoms with Crippen LogP contribution in [-0.4, -0.2) is 100 Å². The van der Waals surface area contributed by atoms with Gasteiger partial charge in [0.25, 0.3) is 0 Å². The van der Waals surface area contributed by atoms with E-state index < -0.39 is 49.5 Å². The van der Waals surface area contributed by atoms with E-state index in [0.29, 0.717) is 19.4 Å². The van der Waals surface area contributed by atoms with Crippen LogP contribution in [0.5, 0.6) is 0 Å². The quantitative estimate of drug-likeness (QED) is 0.0195. The Balaban J connectivity index is 1.91. The summed E-state index contributed by atoms with van der Waals surface area (Å²) in [5.41, 5.74) is 0. The third-order valence-electron chi connectivity index (χ3n) is 16.1. The highest BCUT2D eigenvalue weighted by atomic mass is 16.7. The second kappa shape index (κ2) is 60.8. The molecule has 0 radical (unpaired) electrons. The number of carbonyl (C=O) groups is 2. The monoisotopic (exact) mass is 1170 g/mol. The second-order valence-electron chi connectivity index (χ2n) is 23.9. The Bertz CT molecular complexity index is 1610. The normalized spacial score (nSPS) is 18.6. The standard InChI is InChI=1S/C72H129NO10/c1-3-5-7-9-11-13-14-15-37-40-44-48-52-56-60-68(77)81-61-57-53-49-45-41-38-35-33-31-29-27-25-23-21-19-17-16-18-20-22-24-26-28-30-32-34-36-39-43-47-51-55-59-67(76)73-64(65(75)58-54-50-46-42-12-10-8-6-4-2)63-82-72-71(80)70(79)69(78)66(62-74)83-72/h4,6,9,11-12,14-15,19,21,42,54,58,64-66,69-72,74-75,78-80H,3,5,7-8,10,13,16-18,20,22-41,43-53,55-57,59-63H2,1-2H3,(H,73,76)/b6-4+,11-9-,15-14-,21-19-,42-12+,58-54+. The predicted octanol–water partition coefficient (Wildman–Crippen LogP) is 17.5. The number of esters is 1. The number of ether oxygens (including phenoxy) is 3. The summed E-state index contributed by atoms with van der Waals surface area (Å²) in [4.78, 5) is 25.1. The van der Waals surface area contributed by atoms with E-state index in [2.05, 4.69) is 66.9 Å². The molecule has 11 nitrogen and oxygen atoms in total. The van der Waals surface area contributed by atoms with E-state index in [9.17, 15) is 35.1 Å². The average Bonchev–Trinajstić information content (AvgIpc) is 3.55. The summed E-state index contributed by atoms with van der Waals surface area (Å²) in [6, 6.07) is -0.832. The number of hydrogen-bond donors (Lipinski definition) is 6. The van der Waals surface area contributed by atoms with Crippen LogP contribution in [0.1, 0.15) is 309 Å². The lowest BCUT2D eigenvalue weighted by atomic mass is 9.99. The van der Waals surface area contributed by atoms with Gasteiger partial charge in [-0.3, -0.25) is 9.59 Å². The van der Waals surface area contributed by atoms with Crippen LogP contribution in [-0.2, 0) is 23.8 Å². The lowest BCUT2D eigenvalue weighted by molar-refractivity contribution is -0.302. The molecule has 6 N–H and O–H groups in total. The molecule has 0 aromatic heterocycles. The average molecular weight is 1170 g/mol. The maximum Gasteiger partial charge on any atom is 0.305 e. The summed E-state index contributed by atoms with van der Waals surface area (Å²) in [7, 11) is 0. The van der Waals surface area contributed by atoms with Gasteiger partial charge < -0.3 is 45.1 Å². The second-order valence-corrected chi connectivity index (χ2v) is 23.9. The Kier molecular flexibility index (Phi) is 57.2. The van der Waals surface area contributed by atoms with Crippen LogP contribution in [0, 0.1) is 0 Å². The smallest absolute Gasteiger partial charge is 0.305 e. The van der Waals surface area contributed by atoms with Crippen molar-refractivity contribution in [2.75, 3.05) is 19.8 Å².